The lowest BCUT2D eigenvalue weighted by molar-refractivity contribution is -0.154. The molecule has 6 heteroatoms. The van der Waals surface area contributed by atoms with Crippen LogP contribution in [0.5, 0.6) is 0 Å². The molecule has 3 atom stereocenters. The number of amides is 1. The van der Waals surface area contributed by atoms with Crippen LogP contribution in [0.15, 0.2) is 0 Å². The molecule has 6 nitrogen and oxygen atoms in total. The number of aliphatic carboxylic acids is 1. The van der Waals surface area contributed by atoms with Crippen molar-refractivity contribution in [3.8, 4) is 0 Å². The Morgan fingerprint density at radius 1 is 1.50 bits per heavy atom. The molecule has 1 fully saturated rings. The molecular formula is C12H21NO5. The standard InChI is InChI=1S/C12H21NO5/c1-8(12(15)16)13(3)11(14)9(2)18-7-10-5-4-6-17-10/h8-10H,4-7H2,1-3H3,(H,15,16)/t8-,9-,10+/m0/s1. The predicted octanol–water partition coefficient (Wildman–Crippen LogP) is 0.502. The molecule has 1 saturated heterocycles. The van der Waals surface area contributed by atoms with Crippen molar-refractivity contribution < 1.29 is 24.2 Å². The van der Waals surface area contributed by atoms with E-state index in [1.165, 1.54) is 18.9 Å². The third kappa shape index (κ3) is 3.96. The number of carbonyl (C=O) groups excluding carboxylic acids is 1. The van der Waals surface area contributed by atoms with Crippen LogP contribution >= 0.6 is 0 Å². The van der Waals surface area contributed by atoms with Crippen molar-refractivity contribution in [2.45, 2.75) is 44.9 Å². The van der Waals surface area contributed by atoms with Gasteiger partial charge in [-0.05, 0) is 26.7 Å². The lowest BCUT2D eigenvalue weighted by atomic mass is 10.2. The molecule has 0 aromatic heterocycles. The van der Waals surface area contributed by atoms with Gasteiger partial charge in [0.1, 0.15) is 12.1 Å². The van der Waals surface area contributed by atoms with Crippen molar-refractivity contribution in [1.82, 2.24) is 4.90 Å². The first-order valence-electron chi connectivity index (χ1n) is 6.16. The van der Waals surface area contributed by atoms with Gasteiger partial charge in [-0.3, -0.25) is 4.79 Å². The molecule has 1 heterocycles. The largest absolute Gasteiger partial charge is 0.480 e. The van der Waals surface area contributed by atoms with Crippen molar-refractivity contribution in [1.29, 1.82) is 0 Å². The number of carbonyl (C=O) groups is 2. The fourth-order valence-electron chi connectivity index (χ4n) is 1.74. The van der Waals surface area contributed by atoms with Gasteiger partial charge in [0.2, 0.25) is 0 Å². The topological polar surface area (TPSA) is 76.1 Å². The molecule has 1 N–H and O–H groups in total. The van der Waals surface area contributed by atoms with Crippen molar-refractivity contribution in [3.63, 3.8) is 0 Å². The fraction of sp³-hybridized carbons (Fsp3) is 0.833. The minimum atomic E-state index is -1.03. The maximum atomic E-state index is 11.9. The molecule has 0 aliphatic carbocycles. The van der Waals surface area contributed by atoms with Gasteiger partial charge in [-0.2, -0.15) is 0 Å². The molecule has 104 valence electrons. The highest BCUT2D eigenvalue weighted by Crippen LogP contribution is 2.13. The van der Waals surface area contributed by atoms with Crippen LogP contribution < -0.4 is 0 Å². The first-order valence-corrected chi connectivity index (χ1v) is 6.16. The van der Waals surface area contributed by atoms with Crippen LogP contribution in [0.4, 0.5) is 0 Å². The van der Waals surface area contributed by atoms with Gasteiger partial charge >= 0.3 is 5.97 Å². The number of nitrogens with zero attached hydrogens (tertiary/aromatic N) is 1. The van der Waals surface area contributed by atoms with Crippen molar-refractivity contribution >= 4 is 11.9 Å². The third-order valence-electron chi connectivity index (χ3n) is 3.19. The van der Waals surface area contributed by atoms with E-state index in [0.29, 0.717) is 6.61 Å². The van der Waals surface area contributed by atoms with E-state index >= 15 is 0 Å². The summed E-state index contributed by atoms with van der Waals surface area (Å²) in [5, 5.41) is 8.83. The molecule has 1 aliphatic rings. The van der Waals surface area contributed by atoms with E-state index in [9.17, 15) is 9.59 Å². The summed E-state index contributed by atoms with van der Waals surface area (Å²) in [6.07, 6.45) is 1.37. The number of carboxylic acids is 1. The Morgan fingerprint density at radius 2 is 2.17 bits per heavy atom. The van der Waals surface area contributed by atoms with Gasteiger partial charge < -0.3 is 19.5 Å². The number of hydrogen-bond donors (Lipinski definition) is 1. The summed E-state index contributed by atoms with van der Waals surface area (Å²) in [5.41, 5.74) is 0. The Labute approximate surface area is 107 Å². The van der Waals surface area contributed by atoms with Crippen molar-refractivity contribution in [2.24, 2.45) is 0 Å². The first kappa shape index (κ1) is 14.9. The van der Waals surface area contributed by atoms with Crippen LogP contribution in [0.1, 0.15) is 26.7 Å². The number of likely N-dealkylation sites (N-methyl/N-ethyl adjacent to an activating group) is 1. The highest BCUT2D eigenvalue weighted by Gasteiger charge is 2.27. The summed E-state index contributed by atoms with van der Waals surface area (Å²) in [6.45, 7) is 4.21. The normalized spacial score (nSPS) is 22.5. The van der Waals surface area contributed by atoms with Gasteiger partial charge in [0.15, 0.2) is 0 Å². The molecule has 18 heavy (non-hydrogen) atoms. The molecule has 0 saturated carbocycles. The van der Waals surface area contributed by atoms with Gasteiger partial charge in [-0.15, -0.1) is 0 Å². The van der Waals surface area contributed by atoms with E-state index < -0.39 is 18.1 Å². The smallest absolute Gasteiger partial charge is 0.326 e. The van der Waals surface area contributed by atoms with E-state index in [0.717, 1.165) is 19.4 Å². The predicted molar refractivity (Wildman–Crippen MR) is 64.3 cm³/mol. The number of rotatable bonds is 6. The summed E-state index contributed by atoms with van der Waals surface area (Å²) in [4.78, 5) is 23.9. The van der Waals surface area contributed by atoms with E-state index in [1.807, 2.05) is 0 Å². The van der Waals surface area contributed by atoms with E-state index in [1.54, 1.807) is 6.92 Å². The zero-order valence-electron chi connectivity index (χ0n) is 11.1. The molecule has 0 aromatic carbocycles. The molecular weight excluding hydrogens is 238 g/mol. The van der Waals surface area contributed by atoms with E-state index in [-0.39, 0.29) is 12.0 Å². The molecule has 0 unspecified atom stereocenters. The number of hydrogen-bond acceptors (Lipinski definition) is 4. The van der Waals surface area contributed by atoms with Crippen molar-refractivity contribution in [3.05, 3.63) is 0 Å². The molecule has 1 aliphatic heterocycles. The van der Waals surface area contributed by atoms with E-state index in [2.05, 4.69) is 0 Å². The van der Waals surface area contributed by atoms with Crippen LogP contribution in [0.2, 0.25) is 0 Å². The molecule has 1 rings (SSSR count). The van der Waals surface area contributed by atoms with Gasteiger partial charge in [-0.1, -0.05) is 0 Å². The fourth-order valence-corrected chi connectivity index (χ4v) is 1.74. The molecule has 0 bridgehead atoms. The van der Waals surface area contributed by atoms with Gasteiger partial charge in [0.25, 0.3) is 5.91 Å². The third-order valence-corrected chi connectivity index (χ3v) is 3.19. The zero-order chi connectivity index (χ0) is 13.7. The molecule has 0 spiro atoms. The maximum Gasteiger partial charge on any atom is 0.326 e. The van der Waals surface area contributed by atoms with Crippen LogP contribution in [0.25, 0.3) is 0 Å². The summed E-state index contributed by atoms with van der Waals surface area (Å²) in [7, 11) is 1.47. The Hall–Kier alpha value is -1.14. The van der Waals surface area contributed by atoms with Crippen LogP contribution in [0.3, 0.4) is 0 Å². The lowest BCUT2D eigenvalue weighted by Crippen LogP contribution is -2.45. The molecule has 0 aromatic rings. The van der Waals surface area contributed by atoms with Gasteiger partial charge in [-0.25, -0.2) is 4.79 Å². The minimum Gasteiger partial charge on any atom is -0.480 e. The zero-order valence-corrected chi connectivity index (χ0v) is 11.1. The summed E-state index contributed by atoms with van der Waals surface area (Å²) >= 11 is 0. The number of carboxylic acid groups (broad SMARTS) is 1. The summed E-state index contributed by atoms with van der Waals surface area (Å²) in [6, 6.07) is -0.855. The van der Waals surface area contributed by atoms with Gasteiger partial charge in [0, 0.05) is 13.7 Å². The Balaban J connectivity index is 2.37. The second-order valence-electron chi connectivity index (χ2n) is 4.57. The average molecular weight is 259 g/mol. The lowest BCUT2D eigenvalue weighted by Gasteiger charge is -2.25. The Kier molecular flexibility index (Phi) is 5.55. The second kappa shape index (κ2) is 6.70. The van der Waals surface area contributed by atoms with E-state index in [4.69, 9.17) is 14.6 Å². The van der Waals surface area contributed by atoms with Gasteiger partial charge in [0.05, 0.1) is 12.7 Å². The first-order chi connectivity index (χ1) is 8.43. The van der Waals surface area contributed by atoms with Crippen LogP contribution in [0, 0.1) is 0 Å². The minimum absolute atomic E-state index is 0.0578. The SMILES string of the molecule is C[C@H](OC[C@H]1CCCO1)C(=O)N(C)[C@@H](C)C(=O)O. The quantitative estimate of drug-likeness (QED) is 0.751. The maximum absolute atomic E-state index is 11.9. The second-order valence-corrected chi connectivity index (χ2v) is 4.57. The molecule has 0 radical (unpaired) electrons. The highest BCUT2D eigenvalue weighted by molar-refractivity contribution is 5.85. The van der Waals surface area contributed by atoms with Crippen LogP contribution in [-0.4, -0.2) is 60.4 Å². The van der Waals surface area contributed by atoms with Crippen molar-refractivity contribution in [2.75, 3.05) is 20.3 Å². The summed E-state index contributed by atoms with van der Waals surface area (Å²) in [5.74, 6) is -1.36. The summed E-state index contributed by atoms with van der Waals surface area (Å²) < 4.78 is 10.8. The number of ether oxygens (including phenoxy) is 2. The Morgan fingerprint density at radius 3 is 2.67 bits per heavy atom. The monoisotopic (exact) mass is 259 g/mol. The Bertz CT molecular complexity index is 301. The average Bonchev–Trinajstić information content (AvgIpc) is 2.86. The highest BCUT2D eigenvalue weighted by atomic mass is 16.5. The van der Waals surface area contributed by atoms with Crippen LogP contribution in [-0.2, 0) is 19.1 Å². The molecule has 1 amide bonds.